The van der Waals surface area contributed by atoms with Crippen LogP contribution >= 0.6 is 0 Å². The highest BCUT2D eigenvalue weighted by molar-refractivity contribution is 6.12. The Kier molecular flexibility index (Phi) is 0.999. The van der Waals surface area contributed by atoms with Crippen LogP contribution in [-0.4, -0.2) is 25.3 Å². The summed E-state index contributed by atoms with van der Waals surface area (Å²) >= 11 is 0. The van der Waals surface area contributed by atoms with Crippen LogP contribution < -0.4 is 0 Å². The number of nitrogens with zero attached hydrogens (tertiary/aromatic N) is 4. The van der Waals surface area contributed by atoms with E-state index in [1.807, 2.05) is 0 Å². The number of ketones is 1. The molecule has 0 radical (unpaired) electrons. The molecule has 13 heavy (non-hydrogen) atoms. The van der Waals surface area contributed by atoms with Gasteiger partial charge in [0.05, 0.1) is 18.2 Å². The summed E-state index contributed by atoms with van der Waals surface area (Å²) < 4.78 is 1.72. The molecule has 0 aliphatic carbocycles. The maximum absolute atomic E-state index is 11.2. The molecular formula is C8H4N4O. The Bertz CT molecular complexity index is 485. The fraction of sp³-hybridized carbons (Fsp3) is 0. The number of aromatic nitrogens is 4. The van der Waals surface area contributed by atoms with E-state index in [2.05, 4.69) is 15.0 Å². The van der Waals surface area contributed by atoms with Crippen molar-refractivity contribution in [3.63, 3.8) is 0 Å². The Hall–Kier alpha value is -2.04. The monoisotopic (exact) mass is 172 g/mol. The largest absolute Gasteiger partial charge is 0.303 e. The Labute approximate surface area is 73.1 Å². The average molecular weight is 172 g/mol. The second-order valence-corrected chi connectivity index (χ2v) is 2.73. The Balaban J connectivity index is 2.25. The van der Waals surface area contributed by atoms with Crippen LogP contribution in [0.4, 0.5) is 0 Å². The van der Waals surface area contributed by atoms with Crippen LogP contribution in [0.5, 0.6) is 0 Å². The van der Waals surface area contributed by atoms with E-state index in [0.717, 1.165) is 0 Å². The molecule has 0 fully saturated rings. The summed E-state index contributed by atoms with van der Waals surface area (Å²) in [4.78, 5) is 22.9. The molecule has 5 nitrogen and oxygen atoms in total. The van der Waals surface area contributed by atoms with Crippen molar-refractivity contribution in [1.82, 2.24) is 19.5 Å². The Morgan fingerprint density at radius 3 is 2.92 bits per heavy atom. The van der Waals surface area contributed by atoms with Gasteiger partial charge in [-0.15, -0.1) is 0 Å². The van der Waals surface area contributed by atoms with E-state index in [-0.39, 0.29) is 5.78 Å². The van der Waals surface area contributed by atoms with E-state index in [9.17, 15) is 4.79 Å². The third kappa shape index (κ3) is 0.703. The maximum atomic E-state index is 11.2. The summed E-state index contributed by atoms with van der Waals surface area (Å²) in [5, 5.41) is 0. The van der Waals surface area contributed by atoms with Gasteiger partial charge in [0.2, 0.25) is 5.82 Å². The number of imidazole rings is 1. The minimum absolute atomic E-state index is 0.0776. The van der Waals surface area contributed by atoms with Gasteiger partial charge < -0.3 is 4.57 Å². The smallest absolute Gasteiger partial charge is 0.250 e. The Morgan fingerprint density at radius 1 is 1.38 bits per heavy atom. The highest BCUT2D eigenvalue weighted by atomic mass is 16.1. The molecular weight excluding hydrogens is 168 g/mol. The molecule has 0 spiro atoms. The molecule has 0 atom stereocenters. The van der Waals surface area contributed by atoms with Crippen molar-refractivity contribution in [2.24, 2.45) is 0 Å². The first-order valence-corrected chi connectivity index (χ1v) is 3.76. The highest BCUT2D eigenvalue weighted by Gasteiger charge is 2.29. The zero-order valence-electron chi connectivity index (χ0n) is 6.51. The van der Waals surface area contributed by atoms with Crippen LogP contribution in [0.1, 0.15) is 16.3 Å². The van der Waals surface area contributed by atoms with E-state index in [1.165, 1.54) is 0 Å². The zero-order valence-corrected chi connectivity index (χ0v) is 6.51. The lowest BCUT2D eigenvalue weighted by atomic mass is 10.1. The third-order valence-electron chi connectivity index (χ3n) is 1.97. The molecule has 0 N–H and O–H groups in total. The standard InChI is InChI=1S/C8H4N4O/c13-7-6-5(3-10-8(7)11-6)12-2-1-9-4-12/h1-4H. The van der Waals surface area contributed by atoms with Gasteiger partial charge in [0.25, 0.3) is 5.78 Å². The van der Waals surface area contributed by atoms with Crippen molar-refractivity contribution >= 4 is 5.78 Å². The van der Waals surface area contributed by atoms with E-state index in [0.29, 0.717) is 17.2 Å². The molecule has 4 heterocycles. The lowest BCUT2D eigenvalue weighted by Crippen LogP contribution is -2.23. The van der Waals surface area contributed by atoms with Crippen molar-refractivity contribution in [3.05, 3.63) is 36.4 Å². The number of hydrogen-bond acceptors (Lipinski definition) is 4. The molecule has 2 bridgehead atoms. The highest BCUT2D eigenvalue weighted by Crippen LogP contribution is 2.20. The Morgan fingerprint density at radius 2 is 2.31 bits per heavy atom. The normalized spacial score (nSPS) is 12.8. The molecule has 0 unspecified atom stereocenters. The SMILES string of the molecule is O=C1c2ncc(-n3ccnc3)c1n2. The fourth-order valence-electron chi connectivity index (χ4n) is 1.30. The number of carbonyl (C=O) groups is 1. The summed E-state index contributed by atoms with van der Waals surface area (Å²) in [5.74, 6) is 0.227. The van der Waals surface area contributed by atoms with Gasteiger partial charge in [0, 0.05) is 12.4 Å². The third-order valence-corrected chi connectivity index (χ3v) is 1.97. The molecule has 2 aromatic heterocycles. The van der Waals surface area contributed by atoms with E-state index < -0.39 is 0 Å². The summed E-state index contributed by atoms with van der Waals surface area (Å²) in [5.41, 5.74) is 1.17. The van der Waals surface area contributed by atoms with Gasteiger partial charge in [0.1, 0.15) is 5.69 Å². The molecule has 2 aliphatic heterocycles. The number of fused-ring (bicyclic) bond motifs is 2. The number of carbonyl (C=O) groups excluding carboxylic acids is 1. The summed E-state index contributed by atoms with van der Waals surface area (Å²) in [7, 11) is 0. The van der Waals surface area contributed by atoms with E-state index >= 15 is 0 Å². The van der Waals surface area contributed by atoms with Gasteiger partial charge >= 0.3 is 0 Å². The second kappa shape index (κ2) is 2.01. The van der Waals surface area contributed by atoms with Gasteiger partial charge in [-0.05, 0) is 0 Å². The topological polar surface area (TPSA) is 60.7 Å². The second-order valence-electron chi connectivity index (χ2n) is 2.73. The number of hydrogen-bond donors (Lipinski definition) is 0. The molecule has 2 aromatic rings. The van der Waals surface area contributed by atoms with E-state index in [4.69, 9.17) is 0 Å². The first-order valence-electron chi connectivity index (χ1n) is 3.76. The van der Waals surface area contributed by atoms with Crippen LogP contribution in [0, 0.1) is 0 Å². The van der Waals surface area contributed by atoms with Gasteiger partial charge in [-0.2, -0.15) is 0 Å². The number of rotatable bonds is 1. The predicted molar refractivity (Wildman–Crippen MR) is 42.6 cm³/mol. The van der Waals surface area contributed by atoms with Crippen molar-refractivity contribution < 1.29 is 4.79 Å². The molecule has 4 rings (SSSR count). The molecule has 0 saturated carbocycles. The molecule has 2 aliphatic rings. The van der Waals surface area contributed by atoms with Crippen LogP contribution in [0.2, 0.25) is 0 Å². The molecule has 0 aromatic carbocycles. The average Bonchev–Trinajstić information content (AvgIpc) is 2.69. The maximum Gasteiger partial charge on any atom is 0.250 e. The predicted octanol–water partition coefficient (Wildman–Crippen LogP) is 0.207. The van der Waals surface area contributed by atoms with Gasteiger partial charge in [-0.3, -0.25) is 4.79 Å². The minimum atomic E-state index is -0.0776. The van der Waals surface area contributed by atoms with Crippen LogP contribution in [-0.2, 0) is 0 Å². The van der Waals surface area contributed by atoms with E-state index in [1.54, 1.807) is 29.5 Å². The first kappa shape index (κ1) is 6.47. The molecule has 5 heteroatoms. The van der Waals surface area contributed by atoms with Gasteiger partial charge in [-0.25, -0.2) is 15.0 Å². The minimum Gasteiger partial charge on any atom is -0.303 e. The summed E-state index contributed by atoms with van der Waals surface area (Å²) in [6.07, 6.45) is 6.63. The quantitative estimate of drug-likeness (QED) is 0.526. The van der Waals surface area contributed by atoms with Crippen molar-refractivity contribution in [1.29, 1.82) is 0 Å². The van der Waals surface area contributed by atoms with Gasteiger partial charge in [0.15, 0.2) is 0 Å². The fourth-order valence-corrected chi connectivity index (χ4v) is 1.30. The lowest BCUT2D eigenvalue weighted by Gasteiger charge is -2.14. The first-order chi connectivity index (χ1) is 6.36. The van der Waals surface area contributed by atoms with Crippen molar-refractivity contribution in [3.8, 4) is 5.69 Å². The van der Waals surface area contributed by atoms with Crippen molar-refractivity contribution in [2.75, 3.05) is 0 Å². The van der Waals surface area contributed by atoms with Crippen LogP contribution in [0.3, 0.4) is 0 Å². The molecule has 0 saturated heterocycles. The molecule has 62 valence electrons. The molecule has 0 amide bonds. The zero-order chi connectivity index (χ0) is 8.84. The lowest BCUT2D eigenvalue weighted by molar-refractivity contribution is 0.0995. The van der Waals surface area contributed by atoms with Gasteiger partial charge in [-0.1, -0.05) is 0 Å². The summed E-state index contributed by atoms with van der Waals surface area (Å²) in [6.45, 7) is 0. The summed E-state index contributed by atoms with van der Waals surface area (Å²) in [6, 6.07) is 0. The van der Waals surface area contributed by atoms with Crippen molar-refractivity contribution in [2.45, 2.75) is 0 Å². The van der Waals surface area contributed by atoms with Crippen LogP contribution in [0.15, 0.2) is 24.9 Å². The van der Waals surface area contributed by atoms with Crippen LogP contribution in [0.25, 0.3) is 5.69 Å².